The van der Waals surface area contributed by atoms with Gasteiger partial charge in [-0.1, -0.05) is 31.2 Å². The summed E-state index contributed by atoms with van der Waals surface area (Å²) in [5.41, 5.74) is 4.36. The molecule has 7 nitrogen and oxygen atoms in total. The molecule has 0 unspecified atom stereocenters. The normalized spacial score (nSPS) is 10.7. The topological polar surface area (TPSA) is 93.7 Å². The van der Waals surface area contributed by atoms with Crippen LogP contribution >= 0.6 is 0 Å². The molecule has 0 fully saturated rings. The average molecular weight is 473 g/mol. The molecule has 0 saturated carbocycles. The molecule has 2 N–H and O–H groups in total. The molecular formula is C28H28N2O5. The summed E-state index contributed by atoms with van der Waals surface area (Å²) in [5.74, 6) is 1.22. The highest BCUT2D eigenvalue weighted by Gasteiger charge is 2.19. The minimum atomic E-state index is -0.367. The van der Waals surface area contributed by atoms with Crippen LogP contribution in [0.1, 0.15) is 40.5 Å². The van der Waals surface area contributed by atoms with Gasteiger partial charge in [-0.25, -0.2) is 4.79 Å². The lowest BCUT2D eigenvalue weighted by Gasteiger charge is -2.11. The summed E-state index contributed by atoms with van der Waals surface area (Å²) >= 11 is 0. The molecule has 1 aromatic heterocycles. The first kappa shape index (κ1) is 23.9. The predicted molar refractivity (Wildman–Crippen MR) is 133 cm³/mol. The maximum absolute atomic E-state index is 12.0. The Kier molecular flexibility index (Phi) is 7.35. The fourth-order valence-corrected chi connectivity index (χ4v) is 3.52. The SMILES string of the molecule is CCCOC(=O)c1ccc(Oc2c(-c3ccc(OCc4ccccc4C)cc3O)n[nH]c2C)cc1. The molecule has 0 bridgehead atoms. The van der Waals surface area contributed by atoms with Crippen molar-refractivity contribution in [2.75, 3.05) is 6.61 Å². The van der Waals surface area contributed by atoms with Crippen molar-refractivity contribution in [3.05, 3.63) is 89.1 Å². The van der Waals surface area contributed by atoms with E-state index in [1.165, 1.54) is 0 Å². The third-order valence-electron chi connectivity index (χ3n) is 5.52. The molecule has 180 valence electrons. The van der Waals surface area contributed by atoms with E-state index in [1.807, 2.05) is 45.0 Å². The number of aromatic nitrogens is 2. The first-order valence-corrected chi connectivity index (χ1v) is 11.5. The van der Waals surface area contributed by atoms with Crippen LogP contribution in [0.2, 0.25) is 0 Å². The van der Waals surface area contributed by atoms with E-state index < -0.39 is 0 Å². The highest BCUT2D eigenvalue weighted by molar-refractivity contribution is 5.89. The van der Waals surface area contributed by atoms with Crippen molar-refractivity contribution in [2.24, 2.45) is 0 Å². The van der Waals surface area contributed by atoms with Crippen molar-refractivity contribution in [3.8, 4) is 34.3 Å². The van der Waals surface area contributed by atoms with Crippen LogP contribution in [0.5, 0.6) is 23.0 Å². The van der Waals surface area contributed by atoms with Crippen LogP contribution in [-0.4, -0.2) is 27.9 Å². The number of nitrogens with one attached hydrogen (secondary N) is 1. The Morgan fingerprint density at radius 3 is 2.46 bits per heavy atom. The molecule has 0 aliphatic carbocycles. The van der Waals surface area contributed by atoms with Gasteiger partial charge in [-0.05, 0) is 67.8 Å². The lowest BCUT2D eigenvalue weighted by atomic mass is 10.1. The minimum absolute atomic E-state index is 0.0256. The van der Waals surface area contributed by atoms with Crippen LogP contribution in [-0.2, 0) is 11.3 Å². The molecule has 3 aromatic carbocycles. The highest BCUT2D eigenvalue weighted by Crippen LogP contribution is 2.40. The zero-order chi connectivity index (χ0) is 24.8. The van der Waals surface area contributed by atoms with E-state index in [2.05, 4.69) is 10.2 Å². The van der Waals surface area contributed by atoms with E-state index in [0.29, 0.717) is 53.0 Å². The van der Waals surface area contributed by atoms with Crippen LogP contribution in [0.25, 0.3) is 11.3 Å². The third kappa shape index (κ3) is 5.63. The molecule has 0 aliphatic rings. The Bertz CT molecular complexity index is 1310. The molecule has 35 heavy (non-hydrogen) atoms. The predicted octanol–water partition coefficient (Wildman–Crippen LogP) is 6.34. The summed E-state index contributed by atoms with van der Waals surface area (Å²) in [7, 11) is 0. The second-order valence-electron chi connectivity index (χ2n) is 8.18. The summed E-state index contributed by atoms with van der Waals surface area (Å²) in [6.07, 6.45) is 0.766. The number of H-pyrrole nitrogens is 1. The first-order valence-electron chi connectivity index (χ1n) is 11.5. The molecule has 1 heterocycles. The van der Waals surface area contributed by atoms with E-state index >= 15 is 0 Å². The van der Waals surface area contributed by atoms with Gasteiger partial charge in [0, 0.05) is 11.6 Å². The smallest absolute Gasteiger partial charge is 0.338 e. The lowest BCUT2D eigenvalue weighted by molar-refractivity contribution is 0.0505. The Labute approximate surface area is 204 Å². The number of aromatic amines is 1. The van der Waals surface area contributed by atoms with Gasteiger partial charge in [-0.2, -0.15) is 5.10 Å². The number of aromatic hydroxyl groups is 1. The summed E-state index contributed by atoms with van der Waals surface area (Å²) < 4.78 is 17.1. The number of carbonyl (C=O) groups excluding carboxylic acids is 1. The summed E-state index contributed by atoms with van der Waals surface area (Å²) in [5, 5.41) is 18.0. The van der Waals surface area contributed by atoms with E-state index in [-0.39, 0.29) is 11.7 Å². The van der Waals surface area contributed by atoms with Crippen molar-refractivity contribution in [1.82, 2.24) is 10.2 Å². The van der Waals surface area contributed by atoms with Gasteiger partial charge in [0.2, 0.25) is 0 Å². The van der Waals surface area contributed by atoms with E-state index in [0.717, 1.165) is 17.5 Å². The van der Waals surface area contributed by atoms with Crippen LogP contribution in [0.4, 0.5) is 0 Å². The number of rotatable bonds is 9. The van der Waals surface area contributed by atoms with Crippen LogP contribution < -0.4 is 9.47 Å². The number of ether oxygens (including phenoxy) is 3. The molecule has 0 radical (unpaired) electrons. The van der Waals surface area contributed by atoms with Crippen molar-refractivity contribution in [3.63, 3.8) is 0 Å². The number of esters is 1. The second-order valence-corrected chi connectivity index (χ2v) is 8.18. The van der Waals surface area contributed by atoms with Crippen molar-refractivity contribution >= 4 is 5.97 Å². The van der Waals surface area contributed by atoms with Gasteiger partial charge in [0.05, 0.1) is 17.9 Å². The number of phenols is 1. The third-order valence-corrected chi connectivity index (χ3v) is 5.52. The van der Waals surface area contributed by atoms with E-state index in [4.69, 9.17) is 14.2 Å². The maximum Gasteiger partial charge on any atom is 0.338 e. The summed E-state index contributed by atoms with van der Waals surface area (Å²) in [4.78, 5) is 12.0. The fraction of sp³-hybridized carbons (Fsp3) is 0.214. The fourth-order valence-electron chi connectivity index (χ4n) is 3.52. The number of aryl methyl sites for hydroxylation is 2. The quantitative estimate of drug-likeness (QED) is 0.276. The standard InChI is InChI=1S/C28H28N2O5/c1-4-15-33-28(32)20-9-11-22(12-10-20)35-27-19(3)29-30-26(27)24-14-13-23(16-25(24)31)34-17-21-8-6-5-7-18(21)2/h5-14,16,31H,4,15,17H2,1-3H3,(H,29,30). The Hall–Kier alpha value is -4.26. The largest absolute Gasteiger partial charge is 0.507 e. The summed E-state index contributed by atoms with van der Waals surface area (Å²) in [6.45, 7) is 6.60. The molecular weight excluding hydrogens is 444 g/mol. The minimum Gasteiger partial charge on any atom is -0.507 e. The van der Waals surface area contributed by atoms with Crippen LogP contribution in [0.3, 0.4) is 0 Å². The number of hydrogen-bond acceptors (Lipinski definition) is 6. The molecule has 7 heteroatoms. The Morgan fingerprint density at radius 1 is 1.00 bits per heavy atom. The monoisotopic (exact) mass is 472 g/mol. The van der Waals surface area contributed by atoms with Gasteiger partial charge in [0.1, 0.15) is 29.5 Å². The number of nitrogens with zero attached hydrogens (tertiary/aromatic N) is 1. The van der Waals surface area contributed by atoms with Crippen LogP contribution in [0, 0.1) is 13.8 Å². The molecule has 4 aromatic rings. The zero-order valence-electron chi connectivity index (χ0n) is 20.0. The van der Waals surface area contributed by atoms with E-state index in [1.54, 1.807) is 42.5 Å². The first-order chi connectivity index (χ1) is 17.0. The number of hydrogen-bond donors (Lipinski definition) is 2. The second kappa shape index (κ2) is 10.8. The van der Waals surface area contributed by atoms with Gasteiger partial charge >= 0.3 is 5.97 Å². The average Bonchev–Trinajstić information content (AvgIpc) is 3.22. The van der Waals surface area contributed by atoms with Gasteiger partial charge in [-0.15, -0.1) is 0 Å². The van der Waals surface area contributed by atoms with Gasteiger partial charge < -0.3 is 19.3 Å². The molecule has 0 spiro atoms. The van der Waals surface area contributed by atoms with Gasteiger partial charge in [0.15, 0.2) is 5.75 Å². The Morgan fingerprint density at radius 2 is 1.74 bits per heavy atom. The molecule has 0 aliphatic heterocycles. The van der Waals surface area contributed by atoms with Gasteiger partial charge in [-0.3, -0.25) is 5.10 Å². The highest BCUT2D eigenvalue weighted by atomic mass is 16.5. The summed E-state index contributed by atoms with van der Waals surface area (Å²) in [6, 6.07) is 19.8. The van der Waals surface area contributed by atoms with Crippen molar-refractivity contribution < 1.29 is 24.1 Å². The molecule has 0 atom stereocenters. The lowest BCUT2D eigenvalue weighted by Crippen LogP contribution is -2.05. The number of phenolic OH excluding ortho intramolecular Hbond substituents is 1. The van der Waals surface area contributed by atoms with Crippen LogP contribution in [0.15, 0.2) is 66.7 Å². The van der Waals surface area contributed by atoms with E-state index in [9.17, 15) is 9.90 Å². The van der Waals surface area contributed by atoms with Crippen molar-refractivity contribution in [2.45, 2.75) is 33.8 Å². The molecule has 0 amide bonds. The Balaban J connectivity index is 1.50. The van der Waals surface area contributed by atoms with Gasteiger partial charge in [0.25, 0.3) is 0 Å². The molecule has 4 rings (SSSR count). The maximum atomic E-state index is 12.0. The van der Waals surface area contributed by atoms with Crippen molar-refractivity contribution in [1.29, 1.82) is 0 Å². The number of benzene rings is 3. The zero-order valence-corrected chi connectivity index (χ0v) is 20.0. The number of carbonyl (C=O) groups is 1. The molecule has 0 saturated heterocycles.